The average molecular weight is 195 g/mol. The molecule has 0 radical (unpaired) electrons. The molecule has 0 unspecified atom stereocenters. The van der Waals surface area contributed by atoms with Crippen molar-refractivity contribution in [2.75, 3.05) is 13.0 Å². The highest BCUT2D eigenvalue weighted by atomic mass is 32.2. The maximum Gasteiger partial charge on any atom is 0.331 e. The van der Waals surface area contributed by atoms with Crippen LogP contribution in [0.1, 0.15) is 0 Å². The van der Waals surface area contributed by atoms with E-state index in [1.165, 1.54) is 0 Å². The van der Waals surface area contributed by atoms with Gasteiger partial charge in [-0.15, -0.1) is 5.48 Å². The van der Waals surface area contributed by atoms with Gasteiger partial charge in [-0.25, -0.2) is 4.79 Å². The second-order valence-corrected chi connectivity index (χ2v) is 3.32. The summed E-state index contributed by atoms with van der Waals surface area (Å²) in [5.41, 5.74) is 1.91. The third kappa shape index (κ3) is 7.19. The smallest absolute Gasteiger partial charge is 0.331 e. The van der Waals surface area contributed by atoms with E-state index in [1.54, 1.807) is 0 Å². The number of hydroxylamine groups is 1. The predicted octanol–water partition coefficient (Wildman–Crippen LogP) is -0.846. The SMILES string of the molecule is C=CC(=O)OCNOS(C)(=O)=O. The maximum absolute atomic E-state index is 10.4. The summed E-state index contributed by atoms with van der Waals surface area (Å²) >= 11 is 0. The number of rotatable bonds is 5. The van der Waals surface area contributed by atoms with Crippen LogP contribution in [0.4, 0.5) is 0 Å². The Morgan fingerprint density at radius 3 is 2.67 bits per heavy atom. The predicted molar refractivity (Wildman–Crippen MR) is 40.2 cm³/mol. The summed E-state index contributed by atoms with van der Waals surface area (Å²) in [6, 6.07) is 0. The molecule has 0 saturated carbocycles. The van der Waals surface area contributed by atoms with E-state index in [0.29, 0.717) is 0 Å². The molecule has 0 spiro atoms. The third-order valence-corrected chi connectivity index (χ3v) is 1.07. The summed E-state index contributed by atoms with van der Waals surface area (Å²) in [6.07, 6.45) is 1.80. The van der Waals surface area contributed by atoms with Gasteiger partial charge in [-0.1, -0.05) is 6.58 Å². The summed E-state index contributed by atoms with van der Waals surface area (Å²) in [5.74, 6) is -0.667. The summed E-state index contributed by atoms with van der Waals surface area (Å²) in [7, 11) is -3.56. The first-order valence-corrected chi connectivity index (χ1v) is 4.68. The summed E-state index contributed by atoms with van der Waals surface area (Å²) in [4.78, 5) is 10.4. The molecule has 0 heterocycles. The molecule has 1 N–H and O–H groups in total. The number of carbonyl (C=O) groups is 1. The first-order valence-electron chi connectivity index (χ1n) is 2.86. The number of hydrogen-bond donors (Lipinski definition) is 1. The number of ether oxygens (including phenoxy) is 1. The molecule has 0 aromatic carbocycles. The molecule has 0 amide bonds. The van der Waals surface area contributed by atoms with Crippen LogP contribution in [0.3, 0.4) is 0 Å². The summed E-state index contributed by atoms with van der Waals surface area (Å²) in [6.45, 7) is 2.78. The molecule has 0 rings (SSSR count). The van der Waals surface area contributed by atoms with E-state index in [4.69, 9.17) is 0 Å². The Labute approximate surface area is 70.2 Å². The van der Waals surface area contributed by atoms with Crippen molar-refractivity contribution in [2.45, 2.75) is 0 Å². The molecule has 0 fully saturated rings. The fourth-order valence-electron chi connectivity index (χ4n) is 0.291. The van der Waals surface area contributed by atoms with Crippen molar-refractivity contribution >= 4 is 16.1 Å². The molecule has 0 bridgehead atoms. The fraction of sp³-hybridized carbons (Fsp3) is 0.400. The van der Waals surface area contributed by atoms with E-state index < -0.39 is 16.1 Å². The Morgan fingerprint density at radius 2 is 2.25 bits per heavy atom. The zero-order valence-electron chi connectivity index (χ0n) is 6.44. The maximum atomic E-state index is 10.4. The van der Waals surface area contributed by atoms with Crippen LogP contribution in [-0.2, 0) is 23.9 Å². The van der Waals surface area contributed by atoms with Gasteiger partial charge in [0.2, 0.25) is 0 Å². The van der Waals surface area contributed by atoms with Crippen molar-refractivity contribution in [2.24, 2.45) is 0 Å². The topological polar surface area (TPSA) is 81.7 Å². The van der Waals surface area contributed by atoms with Crippen molar-refractivity contribution in [1.82, 2.24) is 5.48 Å². The molecule has 0 aliphatic carbocycles. The monoisotopic (exact) mass is 195 g/mol. The molecule has 0 aliphatic rings. The van der Waals surface area contributed by atoms with Gasteiger partial charge in [0.05, 0.1) is 6.26 Å². The van der Waals surface area contributed by atoms with Gasteiger partial charge in [0, 0.05) is 6.08 Å². The van der Waals surface area contributed by atoms with E-state index >= 15 is 0 Å². The van der Waals surface area contributed by atoms with E-state index in [9.17, 15) is 13.2 Å². The quantitative estimate of drug-likeness (QED) is 0.202. The largest absolute Gasteiger partial charge is 0.444 e. The molecule has 6 nitrogen and oxygen atoms in total. The van der Waals surface area contributed by atoms with Gasteiger partial charge in [0.25, 0.3) is 10.1 Å². The highest BCUT2D eigenvalue weighted by molar-refractivity contribution is 7.85. The molecule has 0 saturated heterocycles. The van der Waals surface area contributed by atoms with Crippen molar-refractivity contribution in [3.63, 3.8) is 0 Å². The lowest BCUT2D eigenvalue weighted by Gasteiger charge is -2.02. The van der Waals surface area contributed by atoms with Crippen LogP contribution in [0.15, 0.2) is 12.7 Å². The number of nitrogens with one attached hydrogen (secondary N) is 1. The van der Waals surface area contributed by atoms with Gasteiger partial charge in [-0.05, 0) is 0 Å². The number of carbonyl (C=O) groups excluding carboxylic acids is 1. The molecule has 0 aromatic heterocycles. The molecule has 70 valence electrons. The molecular weight excluding hydrogens is 186 g/mol. The Bertz CT molecular complexity index is 257. The number of esters is 1. The molecule has 0 aliphatic heterocycles. The van der Waals surface area contributed by atoms with Crippen LogP contribution in [0.25, 0.3) is 0 Å². The lowest BCUT2D eigenvalue weighted by atomic mass is 10.7. The lowest BCUT2D eigenvalue weighted by Crippen LogP contribution is -2.23. The molecule has 0 aromatic rings. The molecule has 12 heavy (non-hydrogen) atoms. The van der Waals surface area contributed by atoms with E-state index in [0.717, 1.165) is 12.3 Å². The average Bonchev–Trinajstić information content (AvgIpc) is 1.96. The van der Waals surface area contributed by atoms with Gasteiger partial charge in [-0.2, -0.15) is 12.7 Å². The Kier molecular flexibility index (Phi) is 4.49. The van der Waals surface area contributed by atoms with Crippen LogP contribution >= 0.6 is 0 Å². The van der Waals surface area contributed by atoms with Gasteiger partial charge in [0.15, 0.2) is 6.73 Å². The Hall–Kier alpha value is -0.920. The van der Waals surface area contributed by atoms with Crippen LogP contribution in [0, 0.1) is 0 Å². The van der Waals surface area contributed by atoms with Crippen molar-refractivity contribution in [1.29, 1.82) is 0 Å². The van der Waals surface area contributed by atoms with Gasteiger partial charge < -0.3 is 4.74 Å². The summed E-state index contributed by atoms with van der Waals surface area (Å²) < 4.78 is 29.0. The minimum absolute atomic E-state index is 0.349. The van der Waals surface area contributed by atoms with Gasteiger partial charge >= 0.3 is 5.97 Å². The second kappa shape index (κ2) is 4.86. The minimum Gasteiger partial charge on any atom is -0.444 e. The van der Waals surface area contributed by atoms with E-state index in [1.807, 2.05) is 5.48 Å². The van der Waals surface area contributed by atoms with E-state index in [2.05, 4.69) is 15.6 Å². The van der Waals surface area contributed by atoms with Crippen LogP contribution in [0.2, 0.25) is 0 Å². The second-order valence-electron chi connectivity index (χ2n) is 1.74. The van der Waals surface area contributed by atoms with Gasteiger partial charge in [-0.3, -0.25) is 0 Å². The Balaban J connectivity index is 3.47. The van der Waals surface area contributed by atoms with Crippen molar-refractivity contribution < 1.29 is 22.2 Å². The van der Waals surface area contributed by atoms with E-state index in [-0.39, 0.29) is 6.73 Å². The third-order valence-electron chi connectivity index (χ3n) is 0.650. The zero-order valence-corrected chi connectivity index (χ0v) is 7.26. The zero-order chi connectivity index (χ0) is 9.61. The Morgan fingerprint density at radius 1 is 1.67 bits per heavy atom. The first kappa shape index (κ1) is 11.1. The van der Waals surface area contributed by atoms with Crippen LogP contribution in [0.5, 0.6) is 0 Å². The van der Waals surface area contributed by atoms with Crippen molar-refractivity contribution in [3.05, 3.63) is 12.7 Å². The summed E-state index contributed by atoms with van der Waals surface area (Å²) in [5, 5.41) is 0. The fourth-order valence-corrected chi connectivity index (χ4v) is 0.553. The van der Waals surface area contributed by atoms with Crippen molar-refractivity contribution in [3.8, 4) is 0 Å². The van der Waals surface area contributed by atoms with Crippen LogP contribution < -0.4 is 5.48 Å². The molecular formula is C5H9NO5S. The molecule has 0 atom stereocenters. The minimum atomic E-state index is -3.56. The highest BCUT2D eigenvalue weighted by Crippen LogP contribution is 1.81. The standard InChI is InChI=1S/C5H9NO5S/c1-3-5(7)10-4-6-11-12(2,8)9/h3,6H,1,4H2,2H3. The van der Waals surface area contributed by atoms with Gasteiger partial charge in [0.1, 0.15) is 0 Å². The number of hydrogen-bond acceptors (Lipinski definition) is 6. The first-order chi connectivity index (χ1) is 5.45. The molecule has 7 heteroatoms. The van der Waals surface area contributed by atoms with Crippen LogP contribution in [-0.4, -0.2) is 27.4 Å². The highest BCUT2D eigenvalue weighted by Gasteiger charge is 2.00. The normalized spacial score (nSPS) is 10.8. The lowest BCUT2D eigenvalue weighted by molar-refractivity contribution is -0.140.